The molecule has 0 spiro atoms. The highest BCUT2D eigenvalue weighted by molar-refractivity contribution is 5.71. The van der Waals surface area contributed by atoms with Crippen molar-refractivity contribution in [2.75, 3.05) is 30.3 Å². The molecule has 0 aromatic carbocycles. The molecule has 0 aliphatic carbocycles. The van der Waals surface area contributed by atoms with Gasteiger partial charge < -0.3 is 21.7 Å². The molecule has 1 aromatic heterocycles. The lowest BCUT2D eigenvalue weighted by molar-refractivity contribution is 0.249. The van der Waals surface area contributed by atoms with Crippen molar-refractivity contribution in [2.24, 2.45) is 5.73 Å². The van der Waals surface area contributed by atoms with Gasteiger partial charge in [-0.1, -0.05) is 13.8 Å². The average Bonchev–Trinajstić information content (AvgIpc) is 2.41. The van der Waals surface area contributed by atoms with Crippen LogP contribution in [0.5, 0.6) is 0 Å². The van der Waals surface area contributed by atoms with Gasteiger partial charge in [0, 0.05) is 32.1 Å². The number of anilines is 2. The quantitative estimate of drug-likeness (QED) is 0.524. The number of urea groups is 1. The first-order chi connectivity index (χ1) is 9.15. The summed E-state index contributed by atoms with van der Waals surface area (Å²) in [7, 11) is 0. The van der Waals surface area contributed by atoms with Crippen molar-refractivity contribution in [2.45, 2.75) is 26.7 Å². The second-order valence-electron chi connectivity index (χ2n) is 4.05. The van der Waals surface area contributed by atoms with Crippen LogP contribution in [0.3, 0.4) is 0 Å². The van der Waals surface area contributed by atoms with Gasteiger partial charge in [0.05, 0.1) is 0 Å². The van der Waals surface area contributed by atoms with Gasteiger partial charge in [-0.15, -0.1) is 0 Å². The Hall–Kier alpha value is -2.05. The molecule has 0 aliphatic heterocycles. The van der Waals surface area contributed by atoms with Gasteiger partial charge >= 0.3 is 6.03 Å². The van der Waals surface area contributed by atoms with Gasteiger partial charge in [-0.05, 0) is 6.42 Å². The minimum absolute atomic E-state index is 0.457. The monoisotopic (exact) mass is 266 g/mol. The highest BCUT2D eigenvalue weighted by atomic mass is 16.2. The summed E-state index contributed by atoms with van der Waals surface area (Å²) in [5, 5.41) is 8.88. The molecule has 0 aliphatic rings. The van der Waals surface area contributed by atoms with Gasteiger partial charge in [-0.25, -0.2) is 14.8 Å². The Labute approximate surface area is 113 Å². The molecule has 0 bridgehead atoms. The molecule has 0 saturated heterocycles. The zero-order chi connectivity index (χ0) is 14.1. The highest BCUT2D eigenvalue weighted by Gasteiger charge is 2.03. The van der Waals surface area contributed by atoms with Crippen molar-refractivity contribution in [1.82, 2.24) is 15.3 Å². The standard InChI is InChI=1S/C12H22N6O/c1-3-5-14-10-8-11(18-9(4-2)17-10)15-6-7-16-12(13)19/h8H,3-7H2,1-2H3,(H3,13,16,19)(H2,14,15,17,18). The van der Waals surface area contributed by atoms with Crippen LogP contribution in [0.1, 0.15) is 26.1 Å². The lowest BCUT2D eigenvalue weighted by Gasteiger charge is -2.10. The minimum atomic E-state index is -0.524. The molecule has 0 atom stereocenters. The second-order valence-corrected chi connectivity index (χ2v) is 4.05. The van der Waals surface area contributed by atoms with E-state index in [0.717, 1.165) is 36.8 Å². The lowest BCUT2D eigenvalue weighted by atomic mass is 10.4. The van der Waals surface area contributed by atoms with E-state index >= 15 is 0 Å². The number of hydrogen-bond acceptors (Lipinski definition) is 5. The third-order valence-corrected chi connectivity index (χ3v) is 2.38. The Morgan fingerprint density at radius 3 is 2.32 bits per heavy atom. The van der Waals surface area contributed by atoms with E-state index in [-0.39, 0.29) is 0 Å². The summed E-state index contributed by atoms with van der Waals surface area (Å²) in [6.07, 6.45) is 1.81. The normalized spacial score (nSPS) is 10.0. The summed E-state index contributed by atoms with van der Waals surface area (Å²) in [5.74, 6) is 2.35. The molecule has 1 aromatic rings. The molecule has 7 nitrogen and oxygen atoms in total. The molecular formula is C12H22N6O. The van der Waals surface area contributed by atoms with Crippen LogP contribution in [0.25, 0.3) is 0 Å². The van der Waals surface area contributed by atoms with E-state index in [1.165, 1.54) is 0 Å². The number of carbonyl (C=O) groups is 1. The minimum Gasteiger partial charge on any atom is -0.370 e. The second kappa shape index (κ2) is 8.12. The van der Waals surface area contributed by atoms with Gasteiger partial charge in [-0.3, -0.25) is 0 Å². The van der Waals surface area contributed by atoms with E-state index in [1.54, 1.807) is 0 Å². The maximum Gasteiger partial charge on any atom is 0.312 e. The Kier molecular flexibility index (Phi) is 6.42. The number of rotatable bonds is 8. The molecule has 0 unspecified atom stereocenters. The average molecular weight is 266 g/mol. The Balaban J connectivity index is 2.57. The van der Waals surface area contributed by atoms with Crippen LogP contribution in [0.15, 0.2) is 6.07 Å². The van der Waals surface area contributed by atoms with Gasteiger partial charge in [0.25, 0.3) is 0 Å². The molecule has 5 N–H and O–H groups in total. The van der Waals surface area contributed by atoms with E-state index in [2.05, 4.69) is 32.8 Å². The van der Waals surface area contributed by atoms with Crippen molar-refractivity contribution in [3.05, 3.63) is 11.9 Å². The van der Waals surface area contributed by atoms with Crippen LogP contribution in [0.4, 0.5) is 16.4 Å². The molecule has 7 heteroatoms. The molecule has 106 valence electrons. The molecular weight excluding hydrogens is 244 g/mol. The van der Waals surface area contributed by atoms with Crippen LogP contribution in [-0.2, 0) is 6.42 Å². The molecule has 19 heavy (non-hydrogen) atoms. The van der Waals surface area contributed by atoms with Gasteiger partial charge in [0.1, 0.15) is 17.5 Å². The maximum atomic E-state index is 10.5. The van der Waals surface area contributed by atoms with Gasteiger partial charge in [-0.2, -0.15) is 0 Å². The van der Waals surface area contributed by atoms with Crippen LogP contribution in [0.2, 0.25) is 0 Å². The zero-order valence-electron chi connectivity index (χ0n) is 11.5. The van der Waals surface area contributed by atoms with E-state index in [9.17, 15) is 4.79 Å². The number of aryl methyl sites for hydroxylation is 1. The number of aromatic nitrogens is 2. The number of carbonyl (C=O) groups excluding carboxylic acids is 1. The first-order valence-electron chi connectivity index (χ1n) is 6.54. The van der Waals surface area contributed by atoms with Crippen molar-refractivity contribution >= 4 is 17.7 Å². The summed E-state index contributed by atoms with van der Waals surface area (Å²) in [5.41, 5.74) is 4.98. The summed E-state index contributed by atoms with van der Waals surface area (Å²) < 4.78 is 0. The summed E-state index contributed by atoms with van der Waals surface area (Å²) in [4.78, 5) is 19.3. The fraction of sp³-hybridized carbons (Fsp3) is 0.583. The number of nitrogens with two attached hydrogens (primary N) is 1. The van der Waals surface area contributed by atoms with Gasteiger partial charge in [0.2, 0.25) is 0 Å². The zero-order valence-corrected chi connectivity index (χ0v) is 11.5. The third kappa shape index (κ3) is 5.89. The Morgan fingerprint density at radius 1 is 1.16 bits per heavy atom. The number of nitrogens with one attached hydrogen (secondary N) is 3. The predicted octanol–water partition coefficient (Wildman–Crippen LogP) is 0.941. The smallest absolute Gasteiger partial charge is 0.312 e. The molecule has 1 rings (SSSR count). The summed E-state index contributed by atoms with van der Waals surface area (Å²) in [6, 6.07) is 1.34. The molecule has 0 radical (unpaired) electrons. The Morgan fingerprint density at radius 2 is 1.79 bits per heavy atom. The Bertz CT molecular complexity index is 409. The van der Waals surface area contributed by atoms with E-state index in [0.29, 0.717) is 13.1 Å². The first kappa shape index (κ1) is 15.0. The third-order valence-electron chi connectivity index (χ3n) is 2.38. The molecule has 1 heterocycles. The fourth-order valence-corrected chi connectivity index (χ4v) is 1.47. The predicted molar refractivity (Wildman–Crippen MR) is 76.3 cm³/mol. The fourth-order valence-electron chi connectivity index (χ4n) is 1.47. The summed E-state index contributed by atoms with van der Waals surface area (Å²) in [6.45, 7) is 6.01. The van der Waals surface area contributed by atoms with Gasteiger partial charge in [0.15, 0.2) is 0 Å². The number of primary amides is 1. The van der Waals surface area contributed by atoms with Crippen LogP contribution >= 0.6 is 0 Å². The molecule has 0 fully saturated rings. The van der Waals surface area contributed by atoms with Crippen molar-refractivity contribution in [1.29, 1.82) is 0 Å². The van der Waals surface area contributed by atoms with Crippen LogP contribution in [0, 0.1) is 0 Å². The topological polar surface area (TPSA) is 105 Å². The SMILES string of the molecule is CCCNc1cc(NCCNC(N)=O)nc(CC)n1. The van der Waals surface area contributed by atoms with E-state index in [4.69, 9.17) is 5.73 Å². The van der Waals surface area contributed by atoms with Crippen molar-refractivity contribution in [3.8, 4) is 0 Å². The van der Waals surface area contributed by atoms with E-state index < -0.39 is 6.03 Å². The lowest BCUT2D eigenvalue weighted by Crippen LogP contribution is -2.33. The number of hydrogen-bond donors (Lipinski definition) is 4. The number of nitrogens with zero attached hydrogens (tertiary/aromatic N) is 2. The van der Waals surface area contributed by atoms with Crippen molar-refractivity contribution in [3.63, 3.8) is 0 Å². The molecule has 2 amide bonds. The van der Waals surface area contributed by atoms with E-state index in [1.807, 2.05) is 13.0 Å². The van der Waals surface area contributed by atoms with Crippen molar-refractivity contribution < 1.29 is 4.79 Å². The summed E-state index contributed by atoms with van der Waals surface area (Å²) >= 11 is 0. The molecule has 0 saturated carbocycles. The van der Waals surface area contributed by atoms with Crippen LogP contribution < -0.4 is 21.7 Å². The van der Waals surface area contributed by atoms with Crippen LogP contribution in [-0.4, -0.2) is 35.6 Å². The largest absolute Gasteiger partial charge is 0.370 e. The maximum absolute atomic E-state index is 10.5. The number of amides is 2. The highest BCUT2D eigenvalue weighted by Crippen LogP contribution is 2.11. The first-order valence-corrected chi connectivity index (χ1v) is 6.54.